The summed E-state index contributed by atoms with van der Waals surface area (Å²) in [5, 5.41) is 8.34. The Bertz CT molecular complexity index is 891. The van der Waals surface area contributed by atoms with Gasteiger partial charge >= 0.3 is 12.0 Å². The van der Waals surface area contributed by atoms with Crippen LogP contribution in [0.5, 0.6) is 0 Å². The average molecular weight is 395 g/mol. The molecule has 2 aromatic carbocycles. The molecule has 2 rings (SSSR count). The highest BCUT2D eigenvalue weighted by Crippen LogP contribution is 2.18. The van der Waals surface area contributed by atoms with Crippen LogP contribution in [0.3, 0.4) is 0 Å². The Morgan fingerprint density at radius 2 is 1.76 bits per heavy atom. The van der Waals surface area contributed by atoms with Crippen molar-refractivity contribution in [2.45, 2.75) is 26.8 Å². The summed E-state index contributed by atoms with van der Waals surface area (Å²) in [5.74, 6) is -0.549. The second-order valence-electron chi connectivity index (χ2n) is 6.33. The Morgan fingerprint density at radius 1 is 1.03 bits per heavy atom. The molecule has 0 aromatic heterocycles. The summed E-state index contributed by atoms with van der Waals surface area (Å²) in [6.45, 7) is 5.38. The second kappa shape index (κ2) is 10.7. The SMILES string of the molecule is CCOC(=O)/C=C/c1ccc(NC(=O)NC(C)c2cccc(NC(C)=O)c2)cc1. The Hall–Kier alpha value is -3.61. The quantitative estimate of drug-likeness (QED) is 0.486. The molecule has 0 heterocycles. The van der Waals surface area contributed by atoms with Gasteiger partial charge in [0.2, 0.25) is 5.91 Å². The number of rotatable bonds is 7. The van der Waals surface area contributed by atoms with Gasteiger partial charge in [-0.1, -0.05) is 24.3 Å². The zero-order chi connectivity index (χ0) is 21.2. The van der Waals surface area contributed by atoms with E-state index in [9.17, 15) is 14.4 Å². The number of ether oxygens (including phenoxy) is 1. The Labute approximate surface area is 170 Å². The summed E-state index contributed by atoms with van der Waals surface area (Å²) in [4.78, 5) is 34.8. The van der Waals surface area contributed by atoms with Crippen molar-refractivity contribution in [1.82, 2.24) is 5.32 Å². The summed E-state index contributed by atoms with van der Waals surface area (Å²) < 4.78 is 4.83. The second-order valence-corrected chi connectivity index (χ2v) is 6.33. The first-order chi connectivity index (χ1) is 13.9. The Balaban J connectivity index is 1.91. The van der Waals surface area contributed by atoms with Crippen molar-refractivity contribution >= 4 is 35.4 Å². The third-order valence-electron chi connectivity index (χ3n) is 3.92. The topological polar surface area (TPSA) is 96.5 Å². The number of hydrogen-bond acceptors (Lipinski definition) is 4. The number of amides is 3. The number of urea groups is 1. The van der Waals surface area contributed by atoms with Gasteiger partial charge in [0, 0.05) is 24.4 Å². The maximum absolute atomic E-state index is 12.3. The van der Waals surface area contributed by atoms with Gasteiger partial charge in [-0.2, -0.15) is 0 Å². The van der Waals surface area contributed by atoms with E-state index in [2.05, 4.69) is 16.0 Å². The molecular weight excluding hydrogens is 370 g/mol. The van der Waals surface area contributed by atoms with E-state index in [-0.39, 0.29) is 18.0 Å². The highest BCUT2D eigenvalue weighted by Gasteiger charge is 2.10. The van der Waals surface area contributed by atoms with Crippen LogP contribution >= 0.6 is 0 Å². The molecule has 3 amide bonds. The molecule has 0 fully saturated rings. The van der Waals surface area contributed by atoms with Gasteiger partial charge in [0.1, 0.15) is 0 Å². The molecule has 0 bridgehead atoms. The normalized spacial score (nSPS) is 11.6. The van der Waals surface area contributed by atoms with Gasteiger partial charge in [-0.05, 0) is 55.3 Å². The highest BCUT2D eigenvalue weighted by molar-refractivity contribution is 5.90. The Kier molecular flexibility index (Phi) is 7.97. The molecule has 0 aliphatic heterocycles. The molecule has 0 saturated heterocycles. The van der Waals surface area contributed by atoms with Crippen molar-refractivity contribution in [3.05, 3.63) is 65.7 Å². The molecule has 0 aliphatic rings. The largest absolute Gasteiger partial charge is 0.463 e. The minimum Gasteiger partial charge on any atom is -0.463 e. The fraction of sp³-hybridized carbons (Fsp3) is 0.227. The molecule has 0 radical (unpaired) electrons. The van der Waals surface area contributed by atoms with Crippen molar-refractivity contribution < 1.29 is 19.1 Å². The number of anilines is 2. The monoisotopic (exact) mass is 395 g/mol. The fourth-order valence-electron chi connectivity index (χ4n) is 2.57. The molecule has 152 valence electrons. The molecule has 7 heteroatoms. The third kappa shape index (κ3) is 7.50. The van der Waals surface area contributed by atoms with Crippen LogP contribution in [0.25, 0.3) is 6.08 Å². The van der Waals surface area contributed by atoms with Crippen molar-refractivity contribution in [3.8, 4) is 0 Å². The lowest BCUT2D eigenvalue weighted by molar-refractivity contribution is -0.137. The summed E-state index contributed by atoms with van der Waals surface area (Å²) in [7, 11) is 0. The number of carbonyl (C=O) groups excluding carboxylic acids is 3. The van der Waals surface area contributed by atoms with E-state index in [0.717, 1.165) is 11.1 Å². The molecule has 0 saturated carbocycles. The Morgan fingerprint density at radius 3 is 2.41 bits per heavy atom. The molecule has 3 N–H and O–H groups in total. The van der Waals surface area contributed by atoms with Gasteiger partial charge in [0.25, 0.3) is 0 Å². The molecule has 29 heavy (non-hydrogen) atoms. The van der Waals surface area contributed by atoms with E-state index in [1.54, 1.807) is 43.3 Å². The first-order valence-corrected chi connectivity index (χ1v) is 9.27. The van der Waals surface area contributed by atoms with Crippen LogP contribution < -0.4 is 16.0 Å². The van der Waals surface area contributed by atoms with E-state index in [1.165, 1.54) is 13.0 Å². The lowest BCUT2D eigenvalue weighted by Gasteiger charge is -2.16. The summed E-state index contributed by atoms with van der Waals surface area (Å²) in [6.07, 6.45) is 3.00. The lowest BCUT2D eigenvalue weighted by atomic mass is 10.1. The van der Waals surface area contributed by atoms with Gasteiger partial charge in [-0.3, -0.25) is 4.79 Å². The zero-order valence-corrected chi connectivity index (χ0v) is 16.7. The fourth-order valence-corrected chi connectivity index (χ4v) is 2.57. The molecule has 7 nitrogen and oxygen atoms in total. The summed E-state index contributed by atoms with van der Waals surface area (Å²) in [5.41, 5.74) is 2.98. The van der Waals surface area contributed by atoms with Crippen molar-refractivity contribution in [1.29, 1.82) is 0 Å². The first kappa shape index (κ1) is 21.7. The van der Waals surface area contributed by atoms with E-state index < -0.39 is 5.97 Å². The summed E-state index contributed by atoms with van der Waals surface area (Å²) in [6, 6.07) is 13.7. The number of esters is 1. The van der Waals surface area contributed by atoms with Crippen LogP contribution in [0.4, 0.5) is 16.2 Å². The maximum atomic E-state index is 12.3. The van der Waals surface area contributed by atoms with Crippen LogP contribution in [0.15, 0.2) is 54.6 Å². The van der Waals surface area contributed by atoms with Crippen LogP contribution in [0.2, 0.25) is 0 Å². The van der Waals surface area contributed by atoms with Crippen LogP contribution in [0, 0.1) is 0 Å². The van der Waals surface area contributed by atoms with Crippen LogP contribution in [0.1, 0.15) is 37.9 Å². The molecular formula is C22H25N3O4. The zero-order valence-electron chi connectivity index (χ0n) is 16.7. The minimum atomic E-state index is -0.398. The van der Waals surface area contributed by atoms with Gasteiger partial charge < -0.3 is 20.7 Å². The van der Waals surface area contributed by atoms with Crippen molar-refractivity contribution in [2.75, 3.05) is 17.2 Å². The molecule has 0 aliphatic carbocycles. The van der Waals surface area contributed by atoms with E-state index in [1.807, 2.05) is 25.1 Å². The van der Waals surface area contributed by atoms with Gasteiger partial charge in [-0.15, -0.1) is 0 Å². The van der Waals surface area contributed by atoms with E-state index in [4.69, 9.17) is 4.74 Å². The molecule has 0 spiro atoms. The van der Waals surface area contributed by atoms with E-state index in [0.29, 0.717) is 18.0 Å². The standard InChI is InChI=1S/C22H25N3O4/c1-4-29-21(27)13-10-17-8-11-19(12-9-17)25-22(28)23-15(2)18-6-5-7-20(14-18)24-16(3)26/h5-15H,4H2,1-3H3,(H,24,26)(H2,23,25,28)/b13-10+. The van der Waals surface area contributed by atoms with Gasteiger partial charge in [0.05, 0.1) is 12.6 Å². The van der Waals surface area contributed by atoms with Gasteiger partial charge in [-0.25, -0.2) is 9.59 Å². The number of hydrogen-bond donors (Lipinski definition) is 3. The minimum absolute atomic E-state index is 0.152. The average Bonchev–Trinajstić information content (AvgIpc) is 2.67. The lowest BCUT2D eigenvalue weighted by Crippen LogP contribution is -2.31. The van der Waals surface area contributed by atoms with Crippen molar-refractivity contribution in [3.63, 3.8) is 0 Å². The van der Waals surface area contributed by atoms with Gasteiger partial charge in [0.15, 0.2) is 0 Å². The van der Waals surface area contributed by atoms with Crippen LogP contribution in [-0.4, -0.2) is 24.5 Å². The first-order valence-electron chi connectivity index (χ1n) is 9.27. The molecule has 1 unspecified atom stereocenters. The van der Waals surface area contributed by atoms with Crippen LogP contribution in [-0.2, 0) is 14.3 Å². The van der Waals surface area contributed by atoms with E-state index >= 15 is 0 Å². The maximum Gasteiger partial charge on any atom is 0.330 e. The third-order valence-corrected chi connectivity index (χ3v) is 3.92. The highest BCUT2D eigenvalue weighted by atomic mass is 16.5. The predicted molar refractivity (Wildman–Crippen MR) is 113 cm³/mol. The number of benzene rings is 2. The number of carbonyl (C=O) groups is 3. The summed E-state index contributed by atoms with van der Waals surface area (Å²) >= 11 is 0. The molecule has 1 atom stereocenters. The number of nitrogens with one attached hydrogen (secondary N) is 3. The predicted octanol–water partition coefficient (Wildman–Crippen LogP) is 4.10. The molecule has 2 aromatic rings. The van der Waals surface area contributed by atoms with Crippen molar-refractivity contribution in [2.24, 2.45) is 0 Å². The smallest absolute Gasteiger partial charge is 0.330 e.